The molecule has 0 spiro atoms. The van der Waals surface area contributed by atoms with Crippen LogP contribution in [0.4, 0.5) is 5.69 Å². The summed E-state index contributed by atoms with van der Waals surface area (Å²) in [4.78, 5) is 6.11. The molecule has 1 aromatic rings. The Bertz CT molecular complexity index is 381. The van der Waals surface area contributed by atoms with Crippen molar-refractivity contribution < 1.29 is 9.94 Å². The molecular weight excluding hydrogens is 220 g/mol. The molecule has 17 heavy (non-hydrogen) atoms. The van der Waals surface area contributed by atoms with E-state index in [1.54, 1.807) is 13.3 Å². The lowest BCUT2D eigenvalue weighted by atomic mass is 10.2. The third kappa shape index (κ3) is 3.60. The van der Waals surface area contributed by atoms with Gasteiger partial charge < -0.3 is 20.6 Å². The monoisotopic (exact) mass is 238 g/mol. The first-order valence-electron chi connectivity index (χ1n) is 5.33. The Balaban J connectivity index is 2.82. The minimum absolute atomic E-state index is 0.0131. The molecule has 1 rings (SSSR count). The van der Waals surface area contributed by atoms with Crippen LogP contribution in [-0.4, -0.2) is 43.3 Å². The normalized spacial score (nSPS) is 11.5. The molecule has 0 aliphatic heterocycles. The van der Waals surface area contributed by atoms with Crippen LogP contribution in [0.3, 0.4) is 0 Å². The molecule has 0 radical (unpaired) electrons. The van der Waals surface area contributed by atoms with Gasteiger partial charge in [-0.15, -0.1) is 0 Å². The van der Waals surface area contributed by atoms with Crippen molar-refractivity contribution in [3.63, 3.8) is 0 Å². The van der Waals surface area contributed by atoms with Crippen LogP contribution in [-0.2, 0) is 4.74 Å². The summed E-state index contributed by atoms with van der Waals surface area (Å²) < 4.78 is 5.00. The Morgan fingerprint density at radius 1 is 1.65 bits per heavy atom. The summed E-state index contributed by atoms with van der Waals surface area (Å²) in [5, 5.41) is 11.7. The molecule has 0 saturated heterocycles. The van der Waals surface area contributed by atoms with Crippen LogP contribution in [0.15, 0.2) is 23.5 Å². The number of pyridine rings is 1. The molecule has 0 unspecified atom stereocenters. The summed E-state index contributed by atoms with van der Waals surface area (Å²) in [6, 6.07) is 3.70. The van der Waals surface area contributed by atoms with Crippen LogP contribution >= 0.6 is 0 Å². The van der Waals surface area contributed by atoms with E-state index in [-0.39, 0.29) is 5.84 Å². The topological polar surface area (TPSA) is 84.0 Å². The molecule has 0 atom stereocenters. The van der Waals surface area contributed by atoms with Gasteiger partial charge in [-0.2, -0.15) is 0 Å². The lowest BCUT2D eigenvalue weighted by Gasteiger charge is -2.20. The second kappa shape index (κ2) is 6.70. The number of aromatic nitrogens is 1. The first-order chi connectivity index (χ1) is 8.20. The summed E-state index contributed by atoms with van der Waals surface area (Å²) in [6.07, 6.45) is 2.51. The zero-order valence-corrected chi connectivity index (χ0v) is 10.1. The zero-order valence-electron chi connectivity index (χ0n) is 10.1. The van der Waals surface area contributed by atoms with Gasteiger partial charge in [0.2, 0.25) is 0 Å². The molecule has 0 bridgehead atoms. The molecule has 0 aliphatic carbocycles. The number of hydrogen-bond acceptors (Lipinski definition) is 5. The van der Waals surface area contributed by atoms with E-state index in [0.29, 0.717) is 12.3 Å². The van der Waals surface area contributed by atoms with E-state index in [2.05, 4.69) is 10.1 Å². The van der Waals surface area contributed by atoms with Gasteiger partial charge in [-0.25, -0.2) is 0 Å². The molecular formula is C11H18N4O2. The van der Waals surface area contributed by atoms with Crippen LogP contribution in [0.1, 0.15) is 12.1 Å². The number of nitrogens with zero attached hydrogens (tertiary/aromatic N) is 3. The maximum absolute atomic E-state index is 8.69. The number of hydrogen-bond donors (Lipinski definition) is 2. The van der Waals surface area contributed by atoms with Crippen molar-refractivity contribution >= 4 is 11.5 Å². The highest BCUT2D eigenvalue weighted by Crippen LogP contribution is 2.16. The van der Waals surface area contributed by atoms with Crippen LogP contribution < -0.4 is 10.6 Å². The highest BCUT2D eigenvalue weighted by molar-refractivity contribution is 6.00. The number of amidine groups is 1. The van der Waals surface area contributed by atoms with Gasteiger partial charge in [0, 0.05) is 33.5 Å². The van der Waals surface area contributed by atoms with Crippen LogP contribution in [0, 0.1) is 0 Å². The van der Waals surface area contributed by atoms with E-state index in [4.69, 9.17) is 15.7 Å². The minimum atomic E-state index is 0.0131. The average Bonchev–Trinajstić information content (AvgIpc) is 2.38. The molecule has 0 amide bonds. The number of anilines is 1. The number of ether oxygens (including phenoxy) is 1. The minimum Gasteiger partial charge on any atom is -0.409 e. The van der Waals surface area contributed by atoms with Gasteiger partial charge in [0.1, 0.15) is 5.69 Å². The number of oxime groups is 1. The Hall–Kier alpha value is -1.82. The van der Waals surface area contributed by atoms with Gasteiger partial charge in [0.15, 0.2) is 5.84 Å². The standard InChI is InChI=1S/C11H18N4O2/c1-15(7-4-8-17-2)9-5-3-6-13-10(9)11(12)14-16/h3,5-6,16H,4,7-8H2,1-2H3,(H2,12,14). The summed E-state index contributed by atoms with van der Waals surface area (Å²) in [5.74, 6) is 0.0131. The van der Waals surface area contributed by atoms with Crippen molar-refractivity contribution in [2.45, 2.75) is 6.42 Å². The van der Waals surface area contributed by atoms with Gasteiger partial charge >= 0.3 is 0 Å². The fourth-order valence-corrected chi connectivity index (χ4v) is 1.52. The lowest BCUT2D eigenvalue weighted by Crippen LogP contribution is -2.25. The first-order valence-corrected chi connectivity index (χ1v) is 5.33. The fraction of sp³-hybridized carbons (Fsp3) is 0.455. The van der Waals surface area contributed by atoms with Crippen molar-refractivity contribution in [2.75, 3.05) is 32.2 Å². The zero-order chi connectivity index (χ0) is 12.7. The molecule has 1 heterocycles. The third-order valence-corrected chi connectivity index (χ3v) is 2.39. The van der Waals surface area contributed by atoms with Gasteiger partial charge in [0.25, 0.3) is 0 Å². The van der Waals surface area contributed by atoms with E-state index in [1.807, 2.05) is 24.1 Å². The highest BCUT2D eigenvalue weighted by Gasteiger charge is 2.11. The summed E-state index contributed by atoms with van der Waals surface area (Å²) >= 11 is 0. The number of rotatable bonds is 6. The summed E-state index contributed by atoms with van der Waals surface area (Å²) in [7, 11) is 3.60. The summed E-state index contributed by atoms with van der Waals surface area (Å²) in [6.45, 7) is 1.51. The lowest BCUT2D eigenvalue weighted by molar-refractivity contribution is 0.196. The Labute approximate surface area is 101 Å². The van der Waals surface area contributed by atoms with E-state index in [9.17, 15) is 0 Å². The predicted octanol–water partition coefficient (Wildman–Crippen LogP) is 0.649. The molecule has 6 heteroatoms. The van der Waals surface area contributed by atoms with Gasteiger partial charge in [-0.05, 0) is 18.6 Å². The van der Waals surface area contributed by atoms with Crippen molar-refractivity contribution in [1.29, 1.82) is 0 Å². The fourth-order valence-electron chi connectivity index (χ4n) is 1.52. The van der Waals surface area contributed by atoms with Crippen molar-refractivity contribution in [1.82, 2.24) is 4.98 Å². The van der Waals surface area contributed by atoms with Crippen molar-refractivity contribution in [3.8, 4) is 0 Å². The Morgan fingerprint density at radius 3 is 3.06 bits per heavy atom. The van der Waals surface area contributed by atoms with E-state index in [0.717, 1.165) is 18.7 Å². The molecule has 6 nitrogen and oxygen atoms in total. The van der Waals surface area contributed by atoms with Crippen LogP contribution in [0.2, 0.25) is 0 Å². The number of methoxy groups -OCH3 is 1. The quantitative estimate of drug-likeness (QED) is 0.250. The second-order valence-electron chi connectivity index (χ2n) is 3.62. The van der Waals surface area contributed by atoms with Gasteiger partial charge in [0.05, 0.1) is 5.69 Å². The Kier molecular flexibility index (Phi) is 5.22. The molecule has 0 saturated carbocycles. The smallest absolute Gasteiger partial charge is 0.190 e. The molecule has 0 fully saturated rings. The first kappa shape index (κ1) is 13.2. The van der Waals surface area contributed by atoms with E-state index >= 15 is 0 Å². The molecule has 1 aromatic heterocycles. The molecule has 0 aliphatic rings. The van der Waals surface area contributed by atoms with Crippen LogP contribution in [0.5, 0.6) is 0 Å². The third-order valence-electron chi connectivity index (χ3n) is 2.39. The largest absolute Gasteiger partial charge is 0.409 e. The predicted molar refractivity (Wildman–Crippen MR) is 66.5 cm³/mol. The molecule has 94 valence electrons. The SMILES string of the molecule is COCCCN(C)c1cccnc1/C(N)=N/O. The molecule has 0 aromatic carbocycles. The van der Waals surface area contributed by atoms with Gasteiger partial charge in [-0.3, -0.25) is 4.98 Å². The molecule has 3 N–H and O–H groups in total. The second-order valence-corrected chi connectivity index (χ2v) is 3.62. The average molecular weight is 238 g/mol. The maximum atomic E-state index is 8.69. The highest BCUT2D eigenvalue weighted by atomic mass is 16.5. The van der Waals surface area contributed by atoms with E-state index in [1.165, 1.54) is 0 Å². The van der Waals surface area contributed by atoms with E-state index < -0.39 is 0 Å². The Morgan fingerprint density at radius 2 is 2.41 bits per heavy atom. The van der Waals surface area contributed by atoms with Crippen molar-refractivity contribution in [3.05, 3.63) is 24.0 Å². The van der Waals surface area contributed by atoms with Crippen LogP contribution in [0.25, 0.3) is 0 Å². The summed E-state index contributed by atoms with van der Waals surface area (Å²) in [5.41, 5.74) is 6.89. The number of nitrogens with two attached hydrogens (primary N) is 1. The maximum Gasteiger partial charge on any atom is 0.190 e. The van der Waals surface area contributed by atoms with Gasteiger partial charge in [-0.1, -0.05) is 5.16 Å². The van der Waals surface area contributed by atoms with Crippen molar-refractivity contribution in [2.24, 2.45) is 10.9 Å².